The summed E-state index contributed by atoms with van der Waals surface area (Å²) < 4.78 is 6.25. The molecular weight excluding hydrogens is 340 g/mol. The van der Waals surface area contributed by atoms with Crippen LogP contribution in [-0.2, 0) is 0 Å². The van der Waals surface area contributed by atoms with Crippen LogP contribution in [0.3, 0.4) is 0 Å². The normalized spacial score (nSPS) is 12.1. The molecule has 0 saturated heterocycles. The molecule has 134 valence electrons. The van der Waals surface area contributed by atoms with Crippen molar-refractivity contribution in [3.63, 3.8) is 0 Å². The van der Waals surface area contributed by atoms with Gasteiger partial charge >= 0.3 is 0 Å². The molecule has 0 amide bonds. The Kier molecular flexibility index (Phi) is 3.01. The number of rotatable bonds is 1. The molecule has 6 rings (SSSR count). The van der Waals surface area contributed by atoms with Crippen molar-refractivity contribution >= 4 is 43.3 Å². The number of hydrogen-bond donors (Lipinski definition) is 0. The van der Waals surface area contributed by atoms with Gasteiger partial charge in [-0.1, -0.05) is 48.5 Å². The molecule has 6 aromatic rings. The van der Waals surface area contributed by atoms with Gasteiger partial charge in [-0.2, -0.15) is 0 Å². The maximum Gasteiger partial charge on any atom is 0.136 e. The van der Waals surface area contributed by atoms with Gasteiger partial charge in [0.25, 0.3) is 0 Å². The van der Waals surface area contributed by atoms with E-state index in [0.29, 0.717) is 0 Å². The average Bonchev–Trinajstić information content (AvgIpc) is 3.13. The fraction of sp³-hybridized carbons (Fsp3) is 0.111. The van der Waals surface area contributed by atoms with E-state index < -0.39 is 0 Å². The number of benzene rings is 5. The number of hydrogen-bond acceptors (Lipinski definition) is 1. The highest BCUT2D eigenvalue weighted by atomic mass is 16.3. The van der Waals surface area contributed by atoms with E-state index in [-0.39, 0.29) is 0 Å². The van der Waals surface area contributed by atoms with Crippen molar-refractivity contribution in [3.05, 3.63) is 83.4 Å². The molecule has 0 aliphatic heterocycles. The van der Waals surface area contributed by atoms with Crippen LogP contribution < -0.4 is 0 Å². The van der Waals surface area contributed by atoms with Crippen molar-refractivity contribution < 1.29 is 4.42 Å². The first-order valence-electron chi connectivity index (χ1n) is 9.79. The molecule has 1 nitrogen and oxygen atoms in total. The summed E-state index contributed by atoms with van der Waals surface area (Å²) in [6, 6.07) is 24.1. The maximum atomic E-state index is 6.25. The van der Waals surface area contributed by atoms with E-state index in [1.165, 1.54) is 54.6 Å². The van der Waals surface area contributed by atoms with Crippen molar-refractivity contribution in [2.75, 3.05) is 0 Å². The molecule has 5 aromatic carbocycles. The minimum Gasteiger partial charge on any atom is -0.456 e. The highest BCUT2D eigenvalue weighted by Crippen LogP contribution is 2.43. The molecule has 0 spiro atoms. The summed E-state index contributed by atoms with van der Waals surface area (Å²) in [5.74, 6) is 0.940. The molecule has 1 heteroatoms. The van der Waals surface area contributed by atoms with Gasteiger partial charge in [0.1, 0.15) is 11.3 Å². The van der Waals surface area contributed by atoms with Crippen LogP contribution in [0.2, 0.25) is 0 Å². The lowest BCUT2D eigenvalue weighted by molar-refractivity contribution is 0.632. The third kappa shape index (κ3) is 1.96. The highest BCUT2D eigenvalue weighted by Gasteiger charge is 2.17. The van der Waals surface area contributed by atoms with Crippen molar-refractivity contribution in [1.29, 1.82) is 0 Å². The van der Waals surface area contributed by atoms with E-state index in [4.69, 9.17) is 4.42 Å². The largest absolute Gasteiger partial charge is 0.456 e. The molecule has 28 heavy (non-hydrogen) atoms. The lowest BCUT2D eigenvalue weighted by Gasteiger charge is -2.17. The molecule has 0 fully saturated rings. The predicted octanol–water partition coefficient (Wildman–Crippen LogP) is 7.92. The zero-order chi connectivity index (χ0) is 19.0. The van der Waals surface area contributed by atoms with Gasteiger partial charge in [-0.05, 0) is 88.0 Å². The minimum absolute atomic E-state index is 0.938. The van der Waals surface area contributed by atoms with Gasteiger partial charge in [-0.15, -0.1) is 0 Å². The lowest BCUT2D eigenvalue weighted by atomic mass is 9.86. The zero-order valence-electron chi connectivity index (χ0n) is 16.3. The monoisotopic (exact) mass is 360 g/mol. The van der Waals surface area contributed by atoms with E-state index in [0.717, 1.165) is 16.7 Å². The molecular formula is C27H20O. The summed E-state index contributed by atoms with van der Waals surface area (Å²) in [6.07, 6.45) is 0. The second-order valence-electron chi connectivity index (χ2n) is 7.97. The van der Waals surface area contributed by atoms with Crippen LogP contribution in [0.15, 0.2) is 71.1 Å². The Balaban J connectivity index is 1.82. The average molecular weight is 360 g/mol. The Morgan fingerprint density at radius 1 is 0.571 bits per heavy atom. The number of furan rings is 1. The van der Waals surface area contributed by atoms with E-state index in [9.17, 15) is 0 Å². The summed E-state index contributed by atoms with van der Waals surface area (Å²) in [5.41, 5.74) is 6.08. The zero-order valence-corrected chi connectivity index (χ0v) is 16.3. The second kappa shape index (κ2) is 5.36. The van der Waals surface area contributed by atoms with Crippen molar-refractivity contribution in [1.82, 2.24) is 0 Å². The lowest BCUT2D eigenvalue weighted by Crippen LogP contribution is -1.92. The first-order valence-corrected chi connectivity index (χ1v) is 9.79. The van der Waals surface area contributed by atoms with Gasteiger partial charge in [0.15, 0.2) is 0 Å². The van der Waals surface area contributed by atoms with Crippen LogP contribution in [0.1, 0.15) is 16.7 Å². The molecule has 0 aliphatic carbocycles. The van der Waals surface area contributed by atoms with Gasteiger partial charge in [-0.25, -0.2) is 0 Å². The van der Waals surface area contributed by atoms with Crippen LogP contribution in [0.5, 0.6) is 0 Å². The molecule has 0 N–H and O–H groups in total. The topological polar surface area (TPSA) is 13.1 Å². The molecule has 0 saturated carbocycles. The standard InChI is InChI=1S/C27H20O/c1-15-12-16(2)20-10-11-22-23(25-14-18-6-4-5-7-24(18)28-25)13-17(3)21-9-8-19(15)26(20)27(21)22/h4-14H,1-3H3. The Hall–Kier alpha value is -3.32. The molecule has 0 atom stereocenters. The van der Waals surface area contributed by atoms with Crippen LogP contribution >= 0.6 is 0 Å². The van der Waals surface area contributed by atoms with Gasteiger partial charge in [-0.3, -0.25) is 0 Å². The minimum atomic E-state index is 0.938. The first-order chi connectivity index (χ1) is 13.6. The third-order valence-corrected chi connectivity index (χ3v) is 6.21. The van der Waals surface area contributed by atoms with Crippen molar-refractivity contribution in [3.8, 4) is 11.3 Å². The van der Waals surface area contributed by atoms with Crippen LogP contribution in [-0.4, -0.2) is 0 Å². The predicted molar refractivity (Wildman–Crippen MR) is 120 cm³/mol. The summed E-state index contributed by atoms with van der Waals surface area (Å²) in [4.78, 5) is 0. The first kappa shape index (κ1) is 15.7. The number of fused-ring (bicyclic) bond motifs is 1. The van der Waals surface area contributed by atoms with E-state index in [1.807, 2.05) is 12.1 Å². The molecule has 1 aromatic heterocycles. The van der Waals surface area contributed by atoms with Crippen LogP contribution in [0.4, 0.5) is 0 Å². The van der Waals surface area contributed by atoms with Crippen molar-refractivity contribution in [2.45, 2.75) is 20.8 Å². The van der Waals surface area contributed by atoms with Gasteiger partial charge in [0.05, 0.1) is 0 Å². The van der Waals surface area contributed by atoms with E-state index in [2.05, 4.69) is 75.4 Å². The fourth-order valence-corrected chi connectivity index (χ4v) is 4.88. The van der Waals surface area contributed by atoms with Gasteiger partial charge in [0.2, 0.25) is 0 Å². The van der Waals surface area contributed by atoms with Crippen molar-refractivity contribution in [2.24, 2.45) is 0 Å². The van der Waals surface area contributed by atoms with E-state index >= 15 is 0 Å². The summed E-state index contributed by atoms with van der Waals surface area (Å²) in [6.45, 7) is 6.63. The molecule has 1 heterocycles. The Morgan fingerprint density at radius 2 is 1.14 bits per heavy atom. The molecule has 0 radical (unpaired) electrons. The molecule has 0 aliphatic rings. The quantitative estimate of drug-likeness (QED) is 0.271. The SMILES string of the molecule is Cc1cc(C)c2ccc3c(-c4cc5ccccc5o4)cc(C)c4ccc1c2c43. The smallest absolute Gasteiger partial charge is 0.136 e. The third-order valence-electron chi connectivity index (χ3n) is 6.21. The van der Waals surface area contributed by atoms with E-state index in [1.54, 1.807) is 0 Å². The molecule has 0 bridgehead atoms. The van der Waals surface area contributed by atoms with Gasteiger partial charge in [0, 0.05) is 10.9 Å². The van der Waals surface area contributed by atoms with Crippen LogP contribution in [0.25, 0.3) is 54.6 Å². The Morgan fingerprint density at radius 3 is 1.82 bits per heavy atom. The number of para-hydroxylation sites is 1. The summed E-state index contributed by atoms with van der Waals surface area (Å²) >= 11 is 0. The fourth-order valence-electron chi connectivity index (χ4n) is 4.88. The second-order valence-corrected chi connectivity index (χ2v) is 7.97. The Labute approximate surface area is 163 Å². The molecule has 0 unspecified atom stereocenters. The highest BCUT2D eigenvalue weighted by molar-refractivity contribution is 6.27. The summed E-state index contributed by atoms with van der Waals surface area (Å²) in [5, 5.41) is 9.18. The van der Waals surface area contributed by atoms with Gasteiger partial charge < -0.3 is 4.42 Å². The summed E-state index contributed by atoms with van der Waals surface area (Å²) in [7, 11) is 0. The maximum absolute atomic E-state index is 6.25. The van der Waals surface area contributed by atoms with Crippen LogP contribution in [0, 0.1) is 20.8 Å². The number of aryl methyl sites for hydroxylation is 3. The Bertz CT molecular complexity index is 1480.